The van der Waals surface area contributed by atoms with Crippen LogP contribution < -0.4 is 22.3 Å². The van der Waals surface area contributed by atoms with E-state index in [1.807, 2.05) is 0 Å². The van der Waals surface area contributed by atoms with E-state index in [0.29, 0.717) is 32.1 Å². The first-order valence-corrected chi connectivity index (χ1v) is 5.73. The summed E-state index contributed by atoms with van der Waals surface area (Å²) in [5.41, 5.74) is 7.51. The van der Waals surface area contributed by atoms with Crippen molar-refractivity contribution in [2.45, 2.75) is 25.7 Å². The van der Waals surface area contributed by atoms with Gasteiger partial charge in [-0.05, 0) is 19.3 Å². The van der Waals surface area contributed by atoms with Crippen LogP contribution >= 0.6 is 0 Å². The van der Waals surface area contributed by atoms with Gasteiger partial charge in [-0.1, -0.05) is 0 Å². The average molecular weight is 245 g/mol. The zero-order valence-corrected chi connectivity index (χ0v) is 10.4. The molecule has 0 fully saturated rings. The summed E-state index contributed by atoms with van der Waals surface area (Å²) < 4.78 is 4.91. The van der Waals surface area contributed by atoms with E-state index in [1.165, 1.54) is 0 Å². The highest BCUT2D eigenvalue weighted by atomic mass is 16.5. The summed E-state index contributed by atoms with van der Waals surface area (Å²) in [6.45, 7) is 2.04. The lowest BCUT2D eigenvalue weighted by Crippen LogP contribution is -2.42. The normalized spacial score (nSPS) is 11.3. The molecule has 0 atom stereocenters. The van der Waals surface area contributed by atoms with Crippen molar-refractivity contribution in [3.8, 4) is 0 Å². The van der Waals surface area contributed by atoms with Gasteiger partial charge >= 0.3 is 0 Å². The van der Waals surface area contributed by atoms with Crippen molar-refractivity contribution in [1.29, 1.82) is 0 Å². The molecule has 0 saturated carbocycles. The van der Waals surface area contributed by atoms with Crippen molar-refractivity contribution in [3.05, 3.63) is 0 Å². The van der Waals surface area contributed by atoms with Crippen LogP contribution in [0.3, 0.4) is 0 Å². The number of carbonyl (C=O) groups excluding carboxylic acids is 1. The molecule has 0 aliphatic heterocycles. The number of nitrogens with one attached hydrogen (secondary N) is 2. The van der Waals surface area contributed by atoms with Gasteiger partial charge in [-0.15, -0.1) is 0 Å². The molecule has 17 heavy (non-hydrogen) atoms. The molecule has 0 radical (unpaired) electrons. The second-order valence-electron chi connectivity index (χ2n) is 3.57. The Balaban J connectivity index is 3.56. The van der Waals surface area contributed by atoms with Gasteiger partial charge in [0.15, 0.2) is 0 Å². The number of hydrogen-bond donors (Lipinski definition) is 4. The summed E-state index contributed by atoms with van der Waals surface area (Å²) in [5.74, 6) is 5.59. The lowest BCUT2D eigenvalue weighted by molar-refractivity contribution is -0.118. The highest BCUT2D eigenvalue weighted by Crippen LogP contribution is 1.92. The highest BCUT2D eigenvalue weighted by molar-refractivity contribution is 5.79. The van der Waals surface area contributed by atoms with E-state index in [2.05, 4.69) is 15.7 Å². The van der Waals surface area contributed by atoms with Gasteiger partial charge in [0.2, 0.25) is 11.9 Å². The molecule has 0 bridgehead atoms. The lowest BCUT2D eigenvalue weighted by Gasteiger charge is -2.08. The Morgan fingerprint density at radius 1 is 1.35 bits per heavy atom. The summed E-state index contributed by atoms with van der Waals surface area (Å²) in [5, 5.41) is 3.04. The van der Waals surface area contributed by atoms with E-state index < -0.39 is 0 Å². The molecule has 0 spiro atoms. The minimum atomic E-state index is -0.268. The Morgan fingerprint density at radius 3 is 2.71 bits per heavy atom. The number of hydrogen-bond acceptors (Lipinski definition) is 4. The molecule has 0 rings (SSSR count). The number of aliphatic imine (C=N–C) groups is 1. The molecule has 0 aromatic rings. The van der Waals surface area contributed by atoms with E-state index in [4.69, 9.17) is 16.3 Å². The number of ether oxygens (including phenoxy) is 1. The van der Waals surface area contributed by atoms with Crippen LogP contribution in [0.4, 0.5) is 0 Å². The van der Waals surface area contributed by atoms with E-state index in [-0.39, 0.29) is 5.91 Å². The molecule has 0 heterocycles. The zero-order chi connectivity index (χ0) is 12.9. The van der Waals surface area contributed by atoms with Crippen LogP contribution in [0.2, 0.25) is 0 Å². The van der Waals surface area contributed by atoms with E-state index in [1.54, 1.807) is 7.11 Å². The Morgan fingerprint density at radius 2 is 2.12 bits per heavy atom. The van der Waals surface area contributed by atoms with Crippen molar-refractivity contribution in [2.75, 3.05) is 26.8 Å². The number of primary amides is 1. The van der Waals surface area contributed by atoms with Gasteiger partial charge in [0.25, 0.3) is 0 Å². The van der Waals surface area contributed by atoms with Crippen LogP contribution in [0.1, 0.15) is 25.7 Å². The Hall–Kier alpha value is -1.34. The smallest absolute Gasteiger partial charge is 0.217 e. The van der Waals surface area contributed by atoms with Crippen LogP contribution in [0.15, 0.2) is 4.99 Å². The number of unbranched alkanes of at least 4 members (excludes halogenated alkanes) is 1. The van der Waals surface area contributed by atoms with Gasteiger partial charge in [0.1, 0.15) is 0 Å². The summed E-state index contributed by atoms with van der Waals surface area (Å²) in [6.07, 6.45) is 2.88. The third kappa shape index (κ3) is 10.9. The van der Waals surface area contributed by atoms with Crippen LogP contribution in [-0.4, -0.2) is 38.7 Å². The van der Waals surface area contributed by atoms with Crippen molar-refractivity contribution in [3.63, 3.8) is 0 Å². The zero-order valence-electron chi connectivity index (χ0n) is 10.4. The van der Waals surface area contributed by atoms with Gasteiger partial charge in [-0.3, -0.25) is 15.2 Å². The van der Waals surface area contributed by atoms with Crippen molar-refractivity contribution in [1.82, 2.24) is 10.7 Å². The number of hydrazine groups is 1. The molecule has 7 nitrogen and oxygen atoms in total. The van der Waals surface area contributed by atoms with E-state index >= 15 is 0 Å². The van der Waals surface area contributed by atoms with Gasteiger partial charge in [-0.25, -0.2) is 5.84 Å². The van der Waals surface area contributed by atoms with Crippen LogP contribution in [-0.2, 0) is 9.53 Å². The molecular formula is C10H23N5O2. The molecule has 0 aromatic heterocycles. The second kappa shape index (κ2) is 11.2. The molecular weight excluding hydrogens is 222 g/mol. The van der Waals surface area contributed by atoms with Gasteiger partial charge < -0.3 is 15.8 Å². The SMILES string of the molecule is COCCCN=C(NN)NCCCCC(N)=O. The van der Waals surface area contributed by atoms with E-state index in [0.717, 1.165) is 19.3 Å². The Kier molecular flexibility index (Phi) is 10.3. The second-order valence-corrected chi connectivity index (χ2v) is 3.57. The molecule has 0 aliphatic carbocycles. The number of nitrogens with zero attached hydrogens (tertiary/aromatic N) is 1. The third-order valence-electron chi connectivity index (χ3n) is 2.06. The quantitative estimate of drug-likeness (QED) is 0.138. The van der Waals surface area contributed by atoms with Crippen LogP contribution in [0, 0.1) is 0 Å². The fourth-order valence-electron chi connectivity index (χ4n) is 1.18. The third-order valence-corrected chi connectivity index (χ3v) is 2.06. The monoisotopic (exact) mass is 245 g/mol. The fourth-order valence-corrected chi connectivity index (χ4v) is 1.18. The van der Waals surface area contributed by atoms with Gasteiger partial charge in [-0.2, -0.15) is 0 Å². The van der Waals surface area contributed by atoms with E-state index in [9.17, 15) is 4.79 Å². The molecule has 7 heteroatoms. The van der Waals surface area contributed by atoms with Crippen molar-refractivity contribution < 1.29 is 9.53 Å². The first-order valence-electron chi connectivity index (χ1n) is 5.73. The predicted molar refractivity (Wildman–Crippen MR) is 67.2 cm³/mol. The van der Waals surface area contributed by atoms with Crippen LogP contribution in [0.25, 0.3) is 0 Å². The maximum atomic E-state index is 10.5. The summed E-state index contributed by atoms with van der Waals surface area (Å²) in [4.78, 5) is 14.7. The molecule has 1 amide bonds. The summed E-state index contributed by atoms with van der Waals surface area (Å²) >= 11 is 0. The highest BCUT2D eigenvalue weighted by Gasteiger charge is 1.97. The number of methoxy groups -OCH3 is 1. The molecule has 0 unspecified atom stereocenters. The van der Waals surface area contributed by atoms with Gasteiger partial charge in [0.05, 0.1) is 0 Å². The van der Waals surface area contributed by atoms with Gasteiger partial charge in [0, 0.05) is 33.2 Å². The van der Waals surface area contributed by atoms with Crippen molar-refractivity contribution >= 4 is 11.9 Å². The molecule has 100 valence electrons. The average Bonchev–Trinajstić information content (AvgIpc) is 2.31. The molecule has 0 saturated heterocycles. The maximum absolute atomic E-state index is 10.5. The number of nitrogens with two attached hydrogens (primary N) is 2. The van der Waals surface area contributed by atoms with Crippen LogP contribution in [0.5, 0.6) is 0 Å². The number of rotatable bonds is 9. The first kappa shape index (κ1) is 15.7. The first-order chi connectivity index (χ1) is 8.20. The lowest BCUT2D eigenvalue weighted by atomic mass is 10.2. The standard InChI is InChI=1S/C10H23N5O2/c1-17-8-4-7-14-10(15-12)13-6-3-2-5-9(11)16/h2-8,12H2,1H3,(H2,11,16)(H2,13,14,15). The fraction of sp³-hybridized carbons (Fsp3) is 0.800. The predicted octanol–water partition coefficient (Wildman–Crippen LogP) is -0.913. The number of carbonyl (C=O) groups is 1. The number of amides is 1. The molecule has 6 N–H and O–H groups in total. The Labute approximate surface area is 102 Å². The number of guanidine groups is 1. The topological polar surface area (TPSA) is 115 Å². The molecule has 0 aliphatic rings. The largest absolute Gasteiger partial charge is 0.385 e. The Bertz CT molecular complexity index is 233. The minimum Gasteiger partial charge on any atom is -0.385 e. The summed E-state index contributed by atoms with van der Waals surface area (Å²) in [7, 11) is 1.66. The summed E-state index contributed by atoms with van der Waals surface area (Å²) in [6, 6.07) is 0. The molecule has 0 aromatic carbocycles. The van der Waals surface area contributed by atoms with Crippen molar-refractivity contribution in [2.24, 2.45) is 16.6 Å². The minimum absolute atomic E-state index is 0.268. The maximum Gasteiger partial charge on any atom is 0.217 e.